The first-order valence-corrected chi connectivity index (χ1v) is 16.3. The number of hydrogen-bond acceptors (Lipinski definition) is 3. The number of hydrogen-bond donors (Lipinski definition) is 2. The molecule has 0 spiro atoms. The smallest absolute Gasteiger partial charge is 0.346 e. The molecule has 0 unspecified atom stereocenters. The summed E-state index contributed by atoms with van der Waals surface area (Å²) in [5.41, 5.74) is 8.65. The number of aromatic nitrogens is 2. The van der Waals surface area contributed by atoms with Gasteiger partial charge in [0.15, 0.2) is 0 Å². The Bertz CT molecular complexity index is 2710. The van der Waals surface area contributed by atoms with E-state index in [-0.39, 0.29) is 11.3 Å². The number of carbonyl (C=O) groups is 2. The molecule has 0 saturated heterocycles. The molecule has 0 aliphatic heterocycles. The Morgan fingerprint density at radius 3 is 1.44 bits per heavy atom. The molecule has 8 aromatic rings. The van der Waals surface area contributed by atoms with Crippen LogP contribution in [0.15, 0.2) is 145 Å². The van der Waals surface area contributed by atoms with E-state index in [0.717, 1.165) is 66.1 Å². The summed E-state index contributed by atoms with van der Waals surface area (Å²) in [6.45, 7) is 7.22. The maximum Gasteiger partial charge on any atom is 0.346 e. The molecule has 8 rings (SSSR count). The molecule has 0 atom stereocenters. The van der Waals surface area contributed by atoms with Gasteiger partial charge >= 0.3 is 11.9 Å². The van der Waals surface area contributed by atoms with Gasteiger partial charge in [-0.2, -0.15) is 5.26 Å². The third-order valence-corrected chi connectivity index (χ3v) is 9.28. The zero-order valence-corrected chi connectivity index (χ0v) is 27.4. The zero-order valence-electron chi connectivity index (χ0n) is 27.4. The molecule has 0 radical (unpaired) electrons. The summed E-state index contributed by atoms with van der Waals surface area (Å²) < 4.78 is 4.37. The van der Waals surface area contributed by atoms with Crippen LogP contribution in [0.5, 0.6) is 0 Å². The summed E-state index contributed by atoms with van der Waals surface area (Å²) in [6, 6.07) is 46.0. The van der Waals surface area contributed by atoms with Crippen molar-refractivity contribution in [1.82, 2.24) is 9.13 Å². The van der Waals surface area contributed by atoms with E-state index < -0.39 is 11.9 Å². The summed E-state index contributed by atoms with van der Waals surface area (Å²) in [5.74, 6) is -2.51. The largest absolute Gasteiger partial charge is 0.486 e. The van der Waals surface area contributed by atoms with E-state index in [0.29, 0.717) is 11.1 Å². The molecule has 52 heavy (non-hydrogen) atoms. The average Bonchev–Trinajstić information content (AvgIpc) is 3.68. The molecule has 0 aliphatic rings. The van der Waals surface area contributed by atoms with Gasteiger partial charge in [-0.05, 0) is 95.1 Å². The molecule has 8 nitrogen and oxygen atoms in total. The molecule has 0 saturated carbocycles. The number of fused-ring (bicyclic) bond motifs is 6. The fourth-order valence-electron chi connectivity index (χ4n) is 6.93. The van der Waals surface area contributed by atoms with Crippen molar-refractivity contribution in [2.45, 2.75) is 0 Å². The van der Waals surface area contributed by atoms with Crippen molar-refractivity contribution in [2.75, 3.05) is 0 Å². The van der Waals surface area contributed by atoms with E-state index in [1.807, 2.05) is 72.8 Å². The third-order valence-electron chi connectivity index (χ3n) is 9.28. The molecular formula is C44H26N4O4. The van der Waals surface area contributed by atoms with Crippen molar-refractivity contribution in [1.29, 1.82) is 5.26 Å². The number of nitriles is 1. The Hall–Kier alpha value is -7.68. The Labute approximate surface area is 297 Å². The first-order chi connectivity index (χ1) is 25.3. The Morgan fingerprint density at radius 2 is 1.02 bits per heavy atom. The first-order valence-electron chi connectivity index (χ1n) is 16.3. The van der Waals surface area contributed by atoms with Crippen LogP contribution in [0.25, 0.3) is 83.1 Å². The Morgan fingerprint density at radius 1 is 0.577 bits per heavy atom. The van der Waals surface area contributed by atoms with Crippen molar-refractivity contribution in [2.24, 2.45) is 0 Å². The Kier molecular flexibility index (Phi) is 7.68. The molecule has 2 N–H and O–H groups in total. The van der Waals surface area contributed by atoms with Crippen LogP contribution in [0.1, 0.15) is 11.1 Å². The summed E-state index contributed by atoms with van der Waals surface area (Å²) in [4.78, 5) is 26.0. The van der Waals surface area contributed by atoms with Gasteiger partial charge in [-0.3, -0.25) is 4.79 Å². The van der Waals surface area contributed by atoms with Crippen LogP contribution in [0, 0.1) is 17.9 Å². The van der Waals surface area contributed by atoms with Gasteiger partial charge in [0.1, 0.15) is 11.6 Å². The van der Waals surface area contributed by atoms with Crippen LogP contribution in [-0.2, 0) is 9.59 Å². The molecule has 2 aromatic heterocycles. The highest BCUT2D eigenvalue weighted by molar-refractivity contribution is 6.11. The number of nitrogens with zero attached hydrogens (tertiary/aromatic N) is 4. The monoisotopic (exact) mass is 674 g/mol. The number of carboxylic acids is 2. The van der Waals surface area contributed by atoms with Gasteiger partial charge in [0.05, 0.1) is 28.6 Å². The maximum atomic E-state index is 11.4. The second-order valence-corrected chi connectivity index (χ2v) is 12.3. The van der Waals surface area contributed by atoms with Crippen molar-refractivity contribution in [3.05, 3.63) is 167 Å². The van der Waals surface area contributed by atoms with Crippen LogP contribution in [0.3, 0.4) is 0 Å². The zero-order chi connectivity index (χ0) is 35.9. The summed E-state index contributed by atoms with van der Waals surface area (Å²) in [7, 11) is 0. The number of rotatable bonds is 7. The minimum absolute atomic E-state index is 0.320. The summed E-state index contributed by atoms with van der Waals surface area (Å²) in [5, 5.41) is 31.9. The van der Waals surface area contributed by atoms with Gasteiger partial charge < -0.3 is 19.3 Å². The molecule has 246 valence electrons. The normalized spacial score (nSPS) is 12.0. The van der Waals surface area contributed by atoms with Crippen LogP contribution in [-0.4, -0.2) is 31.3 Å². The van der Waals surface area contributed by atoms with E-state index in [9.17, 15) is 25.1 Å². The number of para-hydroxylation sites is 2. The second-order valence-electron chi connectivity index (χ2n) is 12.3. The molecule has 6 aromatic carbocycles. The molecule has 0 amide bonds. The lowest BCUT2D eigenvalue weighted by molar-refractivity contribution is -0.133. The van der Waals surface area contributed by atoms with Gasteiger partial charge in [-0.15, -0.1) is 0 Å². The van der Waals surface area contributed by atoms with Crippen LogP contribution in [0.2, 0.25) is 0 Å². The van der Waals surface area contributed by atoms with E-state index in [2.05, 4.69) is 74.6 Å². The standard InChI is InChI=1S/C44H26N4O4/c1-46-38(44(51)52)25-28-11-21-42-37(24-28)35-7-3-5-9-40(35)48(42)33-18-14-30(15-19-33)29-12-16-32(17-13-29)47-39-8-4-2-6-34(39)36-23-27(10-20-41(36)47)22-31(26-45)43(49)50/h2-25H,(H,49,50)(H,51,52). The quantitative estimate of drug-likeness (QED) is 0.0993. The maximum absolute atomic E-state index is 11.4. The molecule has 0 fully saturated rings. The Balaban J connectivity index is 1.15. The third kappa shape index (κ3) is 5.34. The van der Waals surface area contributed by atoms with Gasteiger partial charge in [-0.25, -0.2) is 9.64 Å². The van der Waals surface area contributed by atoms with Crippen LogP contribution >= 0.6 is 0 Å². The minimum Gasteiger partial charge on any atom is -0.486 e. The van der Waals surface area contributed by atoms with Crippen molar-refractivity contribution in [3.8, 4) is 28.6 Å². The highest BCUT2D eigenvalue weighted by atomic mass is 16.4. The second kappa shape index (κ2) is 12.6. The fourth-order valence-corrected chi connectivity index (χ4v) is 6.93. The van der Waals surface area contributed by atoms with E-state index >= 15 is 0 Å². The molecule has 0 bridgehead atoms. The van der Waals surface area contributed by atoms with Gasteiger partial charge in [-0.1, -0.05) is 72.8 Å². The first kappa shape index (κ1) is 31.6. The molecular weight excluding hydrogens is 649 g/mol. The average molecular weight is 675 g/mol. The number of benzene rings is 6. The van der Waals surface area contributed by atoms with Crippen LogP contribution < -0.4 is 0 Å². The lowest BCUT2D eigenvalue weighted by atomic mass is 10.0. The van der Waals surface area contributed by atoms with E-state index in [1.165, 1.54) is 12.2 Å². The number of aliphatic carboxylic acids is 2. The van der Waals surface area contributed by atoms with Crippen LogP contribution in [0.4, 0.5) is 0 Å². The topological polar surface area (TPSA) is 113 Å². The van der Waals surface area contributed by atoms with Crippen molar-refractivity contribution < 1.29 is 19.8 Å². The van der Waals surface area contributed by atoms with Crippen molar-refractivity contribution >= 4 is 67.7 Å². The predicted molar refractivity (Wildman–Crippen MR) is 204 cm³/mol. The summed E-state index contributed by atoms with van der Waals surface area (Å²) >= 11 is 0. The molecule has 0 aliphatic carbocycles. The van der Waals surface area contributed by atoms with Gasteiger partial charge in [0.2, 0.25) is 0 Å². The lowest BCUT2D eigenvalue weighted by Crippen LogP contribution is -1.97. The lowest BCUT2D eigenvalue weighted by Gasteiger charge is -2.11. The van der Waals surface area contributed by atoms with Crippen molar-refractivity contribution in [3.63, 3.8) is 0 Å². The van der Waals surface area contributed by atoms with E-state index in [4.69, 9.17) is 6.57 Å². The highest BCUT2D eigenvalue weighted by Gasteiger charge is 2.16. The number of carboxylic acid groups (broad SMARTS) is 2. The summed E-state index contributed by atoms with van der Waals surface area (Å²) in [6.07, 6.45) is 2.79. The minimum atomic E-state index is -1.26. The highest BCUT2D eigenvalue weighted by Crippen LogP contribution is 2.36. The molecule has 2 heterocycles. The van der Waals surface area contributed by atoms with E-state index in [1.54, 1.807) is 6.07 Å². The van der Waals surface area contributed by atoms with Gasteiger partial charge in [0.25, 0.3) is 5.70 Å². The SMILES string of the molecule is [C-]#[N+]C(=Cc1ccc2c(c1)c1ccccc1n2-c1ccc(-c2ccc(-n3c4ccccc4c4cc(C=C(C#N)C(=O)O)ccc43)cc2)cc1)C(=O)O. The predicted octanol–water partition coefficient (Wildman–Crippen LogP) is 9.88. The van der Waals surface area contributed by atoms with Gasteiger partial charge in [0, 0.05) is 32.9 Å². The molecule has 8 heteroatoms. The fraction of sp³-hybridized carbons (Fsp3) is 0.